The Bertz CT molecular complexity index is 426. The number of rotatable bonds is 5. The first-order chi connectivity index (χ1) is 9.72. The summed E-state index contributed by atoms with van der Waals surface area (Å²) in [5, 5.41) is 3.44. The number of hydrogen-bond donors (Lipinski definition) is 1. The standard InChI is InChI=1S/C17H28N2O/c1-13(2)18-10-14-9-16(20-12-14)11-19-8-4-6-15-5-3-7-17(15)19/h9,12-13,15,17-18H,3-8,10-11H2,1-2H3. The largest absolute Gasteiger partial charge is 0.468 e. The average molecular weight is 276 g/mol. The van der Waals surface area contributed by atoms with Gasteiger partial charge in [0, 0.05) is 24.2 Å². The van der Waals surface area contributed by atoms with Crippen molar-refractivity contribution in [3.8, 4) is 0 Å². The highest BCUT2D eigenvalue weighted by molar-refractivity contribution is 5.13. The molecule has 1 saturated heterocycles. The fraction of sp³-hybridized carbons (Fsp3) is 0.765. The Hall–Kier alpha value is -0.800. The molecule has 112 valence electrons. The molecule has 3 nitrogen and oxygen atoms in total. The molecule has 0 spiro atoms. The monoisotopic (exact) mass is 276 g/mol. The number of nitrogens with one attached hydrogen (secondary N) is 1. The number of furan rings is 1. The molecule has 20 heavy (non-hydrogen) atoms. The Labute approximate surface area is 122 Å². The molecule has 2 heterocycles. The zero-order chi connectivity index (χ0) is 13.9. The molecule has 1 saturated carbocycles. The van der Waals surface area contributed by atoms with E-state index in [1.165, 1.54) is 44.2 Å². The Morgan fingerprint density at radius 1 is 1.30 bits per heavy atom. The van der Waals surface area contributed by atoms with Gasteiger partial charge in [0.2, 0.25) is 0 Å². The molecule has 3 heteroatoms. The Kier molecular flexibility index (Phi) is 4.47. The van der Waals surface area contributed by atoms with E-state index in [2.05, 4.69) is 30.1 Å². The maximum absolute atomic E-state index is 5.77. The number of hydrogen-bond acceptors (Lipinski definition) is 3. The Balaban J connectivity index is 1.57. The van der Waals surface area contributed by atoms with E-state index in [1.807, 2.05) is 6.26 Å². The molecule has 1 aromatic rings. The van der Waals surface area contributed by atoms with Crippen LogP contribution in [0.1, 0.15) is 57.3 Å². The van der Waals surface area contributed by atoms with Crippen LogP contribution in [-0.4, -0.2) is 23.5 Å². The first-order valence-corrected chi connectivity index (χ1v) is 8.26. The number of fused-ring (bicyclic) bond motifs is 1. The second-order valence-electron chi connectivity index (χ2n) is 6.83. The summed E-state index contributed by atoms with van der Waals surface area (Å²) in [4.78, 5) is 2.67. The van der Waals surface area contributed by atoms with E-state index >= 15 is 0 Å². The van der Waals surface area contributed by atoms with Crippen LogP contribution in [0.2, 0.25) is 0 Å². The predicted octanol–water partition coefficient (Wildman–Crippen LogP) is 3.54. The molecule has 2 aliphatic rings. The van der Waals surface area contributed by atoms with Crippen LogP contribution in [-0.2, 0) is 13.1 Å². The first-order valence-electron chi connectivity index (χ1n) is 8.26. The molecule has 0 amide bonds. The van der Waals surface area contributed by atoms with Crippen molar-refractivity contribution < 1.29 is 4.42 Å². The molecule has 2 unspecified atom stereocenters. The summed E-state index contributed by atoms with van der Waals surface area (Å²) in [6.07, 6.45) is 9.00. The van der Waals surface area contributed by atoms with Crippen LogP contribution in [0.15, 0.2) is 16.7 Å². The lowest BCUT2D eigenvalue weighted by Crippen LogP contribution is -2.41. The van der Waals surface area contributed by atoms with Crippen molar-refractivity contribution in [1.29, 1.82) is 0 Å². The first kappa shape index (κ1) is 14.2. The quantitative estimate of drug-likeness (QED) is 0.891. The molecule has 1 aromatic heterocycles. The third kappa shape index (κ3) is 3.26. The summed E-state index contributed by atoms with van der Waals surface area (Å²) in [6, 6.07) is 3.58. The van der Waals surface area contributed by atoms with Crippen LogP contribution in [0.4, 0.5) is 0 Å². The summed E-state index contributed by atoms with van der Waals surface area (Å²) < 4.78 is 5.77. The summed E-state index contributed by atoms with van der Waals surface area (Å²) in [6.45, 7) is 7.52. The number of nitrogens with zero attached hydrogens (tertiary/aromatic N) is 1. The lowest BCUT2D eigenvalue weighted by Gasteiger charge is -2.37. The molecule has 0 bridgehead atoms. The van der Waals surface area contributed by atoms with Crippen molar-refractivity contribution in [3.63, 3.8) is 0 Å². The van der Waals surface area contributed by atoms with Gasteiger partial charge in [-0.2, -0.15) is 0 Å². The van der Waals surface area contributed by atoms with Gasteiger partial charge in [-0.3, -0.25) is 4.90 Å². The molecule has 3 rings (SSSR count). The normalized spacial score (nSPS) is 27.1. The van der Waals surface area contributed by atoms with Gasteiger partial charge in [0.15, 0.2) is 0 Å². The van der Waals surface area contributed by atoms with Crippen molar-refractivity contribution >= 4 is 0 Å². The van der Waals surface area contributed by atoms with E-state index in [1.54, 1.807) is 0 Å². The molecule has 0 radical (unpaired) electrons. The second kappa shape index (κ2) is 6.31. The van der Waals surface area contributed by atoms with Gasteiger partial charge in [0.1, 0.15) is 5.76 Å². The van der Waals surface area contributed by atoms with Crippen LogP contribution >= 0.6 is 0 Å². The van der Waals surface area contributed by atoms with Crippen molar-refractivity contribution in [3.05, 3.63) is 23.7 Å². The predicted molar refractivity (Wildman–Crippen MR) is 81.5 cm³/mol. The number of likely N-dealkylation sites (tertiary alicyclic amines) is 1. The third-order valence-corrected chi connectivity index (χ3v) is 4.89. The van der Waals surface area contributed by atoms with Gasteiger partial charge in [-0.25, -0.2) is 0 Å². The van der Waals surface area contributed by atoms with E-state index < -0.39 is 0 Å². The van der Waals surface area contributed by atoms with E-state index in [4.69, 9.17) is 4.42 Å². The molecule has 2 atom stereocenters. The SMILES string of the molecule is CC(C)NCc1coc(CN2CCCC3CCCC32)c1. The van der Waals surface area contributed by atoms with Gasteiger partial charge in [-0.1, -0.05) is 20.3 Å². The van der Waals surface area contributed by atoms with Gasteiger partial charge in [0.25, 0.3) is 0 Å². The van der Waals surface area contributed by atoms with Crippen molar-refractivity contribution in [2.45, 2.75) is 71.1 Å². The molecule has 1 aliphatic carbocycles. The maximum Gasteiger partial charge on any atom is 0.118 e. The topological polar surface area (TPSA) is 28.4 Å². The van der Waals surface area contributed by atoms with Crippen LogP contribution in [0.25, 0.3) is 0 Å². The highest BCUT2D eigenvalue weighted by Crippen LogP contribution is 2.37. The van der Waals surface area contributed by atoms with Gasteiger partial charge >= 0.3 is 0 Å². The fourth-order valence-electron chi connectivity index (χ4n) is 3.88. The zero-order valence-corrected chi connectivity index (χ0v) is 12.9. The average Bonchev–Trinajstić information content (AvgIpc) is 3.05. The lowest BCUT2D eigenvalue weighted by molar-refractivity contribution is 0.0979. The van der Waals surface area contributed by atoms with Crippen LogP contribution in [0, 0.1) is 5.92 Å². The van der Waals surface area contributed by atoms with Gasteiger partial charge in [0.05, 0.1) is 12.8 Å². The summed E-state index contributed by atoms with van der Waals surface area (Å²) >= 11 is 0. The van der Waals surface area contributed by atoms with Gasteiger partial charge in [-0.05, 0) is 44.2 Å². The highest BCUT2D eigenvalue weighted by atomic mass is 16.3. The van der Waals surface area contributed by atoms with E-state index in [-0.39, 0.29) is 0 Å². The van der Waals surface area contributed by atoms with E-state index in [0.29, 0.717) is 6.04 Å². The molecular formula is C17H28N2O. The summed E-state index contributed by atoms with van der Waals surface area (Å²) in [7, 11) is 0. The molecular weight excluding hydrogens is 248 g/mol. The summed E-state index contributed by atoms with van der Waals surface area (Å²) in [5.41, 5.74) is 1.27. The highest BCUT2D eigenvalue weighted by Gasteiger charge is 2.35. The third-order valence-electron chi connectivity index (χ3n) is 4.89. The zero-order valence-electron chi connectivity index (χ0n) is 12.9. The minimum Gasteiger partial charge on any atom is -0.468 e. The van der Waals surface area contributed by atoms with E-state index in [9.17, 15) is 0 Å². The van der Waals surface area contributed by atoms with Crippen LogP contribution in [0.3, 0.4) is 0 Å². The smallest absolute Gasteiger partial charge is 0.118 e. The molecule has 1 aliphatic heterocycles. The minimum absolute atomic E-state index is 0.523. The van der Waals surface area contributed by atoms with Crippen molar-refractivity contribution in [2.24, 2.45) is 5.92 Å². The maximum atomic E-state index is 5.77. The molecule has 0 aromatic carbocycles. The van der Waals surface area contributed by atoms with Crippen molar-refractivity contribution in [1.82, 2.24) is 10.2 Å². The van der Waals surface area contributed by atoms with Crippen LogP contribution in [0.5, 0.6) is 0 Å². The molecule has 2 fully saturated rings. The summed E-state index contributed by atoms with van der Waals surface area (Å²) in [5.74, 6) is 2.10. The van der Waals surface area contributed by atoms with Crippen molar-refractivity contribution in [2.75, 3.05) is 6.54 Å². The molecule has 1 N–H and O–H groups in total. The fourth-order valence-corrected chi connectivity index (χ4v) is 3.88. The van der Waals surface area contributed by atoms with Crippen LogP contribution < -0.4 is 5.32 Å². The Morgan fingerprint density at radius 3 is 3.00 bits per heavy atom. The van der Waals surface area contributed by atoms with E-state index in [0.717, 1.165) is 30.8 Å². The van der Waals surface area contributed by atoms with Gasteiger partial charge in [-0.15, -0.1) is 0 Å². The van der Waals surface area contributed by atoms with Gasteiger partial charge < -0.3 is 9.73 Å². The number of piperidine rings is 1. The lowest BCUT2D eigenvalue weighted by atomic mass is 9.92. The second-order valence-corrected chi connectivity index (χ2v) is 6.83. The minimum atomic E-state index is 0.523. The Morgan fingerprint density at radius 2 is 2.15 bits per heavy atom.